The molecule has 2 aliphatic rings. The zero-order chi connectivity index (χ0) is 13.8. The number of likely N-dealkylation sites (tertiary alicyclic amines) is 1. The van der Waals surface area contributed by atoms with Crippen molar-refractivity contribution >= 4 is 0 Å². The van der Waals surface area contributed by atoms with Crippen LogP contribution >= 0.6 is 0 Å². The Morgan fingerprint density at radius 1 is 1.21 bits per heavy atom. The molecule has 1 aliphatic carbocycles. The third-order valence-corrected chi connectivity index (χ3v) is 5.38. The summed E-state index contributed by atoms with van der Waals surface area (Å²) in [6.07, 6.45) is 6.90. The maximum absolute atomic E-state index is 3.83. The van der Waals surface area contributed by atoms with Crippen molar-refractivity contribution in [3.05, 3.63) is 0 Å². The Balaban J connectivity index is 1.98. The van der Waals surface area contributed by atoms with E-state index in [1.54, 1.807) is 0 Å². The van der Waals surface area contributed by atoms with E-state index in [0.29, 0.717) is 0 Å². The molecule has 112 valence electrons. The van der Waals surface area contributed by atoms with Crippen molar-refractivity contribution in [2.24, 2.45) is 17.8 Å². The zero-order valence-corrected chi connectivity index (χ0v) is 13.5. The molecule has 0 spiro atoms. The van der Waals surface area contributed by atoms with E-state index in [-0.39, 0.29) is 0 Å². The second-order valence-corrected chi connectivity index (χ2v) is 7.33. The van der Waals surface area contributed by atoms with Gasteiger partial charge in [-0.1, -0.05) is 27.7 Å². The summed E-state index contributed by atoms with van der Waals surface area (Å²) in [7, 11) is 0. The minimum atomic E-state index is 0.750. The summed E-state index contributed by atoms with van der Waals surface area (Å²) >= 11 is 0. The van der Waals surface area contributed by atoms with Crippen molar-refractivity contribution in [2.75, 3.05) is 19.6 Å². The minimum absolute atomic E-state index is 0.750. The van der Waals surface area contributed by atoms with Crippen LogP contribution in [-0.2, 0) is 0 Å². The smallest absolute Gasteiger partial charge is 0.0252 e. The first kappa shape index (κ1) is 15.3. The molecule has 2 nitrogen and oxygen atoms in total. The Kier molecular flexibility index (Phi) is 5.70. The molecule has 1 N–H and O–H groups in total. The molecule has 4 unspecified atom stereocenters. The highest BCUT2D eigenvalue weighted by atomic mass is 15.2. The highest BCUT2D eigenvalue weighted by molar-refractivity contribution is 4.94. The van der Waals surface area contributed by atoms with Crippen LogP contribution in [0.4, 0.5) is 0 Å². The van der Waals surface area contributed by atoms with E-state index in [4.69, 9.17) is 0 Å². The van der Waals surface area contributed by atoms with Gasteiger partial charge in [0.2, 0.25) is 0 Å². The summed E-state index contributed by atoms with van der Waals surface area (Å²) in [6, 6.07) is 1.55. The molecular formula is C17H34N2. The van der Waals surface area contributed by atoms with Crippen LogP contribution in [0.2, 0.25) is 0 Å². The number of nitrogens with one attached hydrogen (secondary N) is 1. The van der Waals surface area contributed by atoms with Crippen molar-refractivity contribution in [2.45, 2.75) is 71.9 Å². The highest BCUT2D eigenvalue weighted by Gasteiger charge is 2.37. The van der Waals surface area contributed by atoms with Gasteiger partial charge in [0.15, 0.2) is 0 Å². The van der Waals surface area contributed by atoms with Crippen molar-refractivity contribution in [1.29, 1.82) is 0 Å². The van der Waals surface area contributed by atoms with Gasteiger partial charge in [0.05, 0.1) is 0 Å². The predicted molar refractivity (Wildman–Crippen MR) is 83.4 cm³/mol. The van der Waals surface area contributed by atoms with Crippen LogP contribution < -0.4 is 5.32 Å². The molecule has 2 rings (SSSR count). The summed E-state index contributed by atoms with van der Waals surface area (Å²) in [5, 5.41) is 3.83. The van der Waals surface area contributed by atoms with E-state index < -0.39 is 0 Å². The van der Waals surface area contributed by atoms with Crippen molar-refractivity contribution in [3.8, 4) is 0 Å². The molecule has 4 atom stereocenters. The topological polar surface area (TPSA) is 15.3 Å². The lowest BCUT2D eigenvalue weighted by molar-refractivity contribution is 0.0988. The summed E-state index contributed by atoms with van der Waals surface area (Å²) in [5.41, 5.74) is 0. The largest absolute Gasteiger partial charge is 0.312 e. The zero-order valence-electron chi connectivity index (χ0n) is 13.5. The van der Waals surface area contributed by atoms with E-state index in [2.05, 4.69) is 37.9 Å². The Morgan fingerprint density at radius 3 is 2.58 bits per heavy atom. The third-order valence-electron chi connectivity index (χ3n) is 5.38. The van der Waals surface area contributed by atoms with Crippen LogP contribution in [0.1, 0.15) is 59.8 Å². The van der Waals surface area contributed by atoms with Gasteiger partial charge in [0.1, 0.15) is 0 Å². The Hall–Kier alpha value is -0.0800. The van der Waals surface area contributed by atoms with E-state index in [0.717, 1.165) is 29.8 Å². The molecular weight excluding hydrogens is 232 g/mol. The number of rotatable bonds is 5. The van der Waals surface area contributed by atoms with E-state index in [1.807, 2.05) is 0 Å². The lowest BCUT2D eigenvalue weighted by Gasteiger charge is -2.43. The van der Waals surface area contributed by atoms with Crippen molar-refractivity contribution < 1.29 is 0 Å². The predicted octanol–water partition coefficient (Wildman–Crippen LogP) is 3.52. The summed E-state index contributed by atoms with van der Waals surface area (Å²) < 4.78 is 0. The minimum Gasteiger partial charge on any atom is -0.312 e. The van der Waals surface area contributed by atoms with Gasteiger partial charge in [0, 0.05) is 18.6 Å². The van der Waals surface area contributed by atoms with E-state index >= 15 is 0 Å². The van der Waals surface area contributed by atoms with Crippen molar-refractivity contribution in [1.82, 2.24) is 10.2 Å². The fourth-order valence-electron chi connectivity index (χ4n) is 4.03. The highest BCUT2D eigenvalue weighted by Crippen LogP contribution is 2.34. The monoisotopic (exact) mass is 266 g/mol. The fourth-order valence-corrected chi connectivity index (χ4v) is 4.03. The molecule has 0 aromatic carbocycles. The number of hydrogen-bond donors (Lipinski definition) is 1. The molecule has 0 amide bonds. The second kappa shape index (κ2) is 7.08. The normalized spacial score (nSPS) is 37.1. The lowest BCUT2D eigenvalue weighted by atomic mass is 9.76. The average Bonchev–Trinajstić information content (AvgIpc) is 2.82. The van der Waals surface area contributed by atoms with Gasteiger partial charge in [-0.05, 0) is 62.9 Å². The van der Waals surface area contributed by atoms with Crippen LogP contribution in [0.25, 0.3) is 0 Å². The molecule has 1 aliphatic heterocycles. The summed E-state index contributed by atoms with van der Waals surface area (Å²) in [5.74, 6) is 2.71. The Morgan fingerprint density at radius 2 is 2.00 bits per heavy atom. The summed E-state index contributed by atoms with van der Waals surface area (Å²) in [6.45, 7) is 13.4. The molecule has 1 saturated carbocycles. The van der Waals surface area contributed by atoms with Gasteiger partial charge in [-0.25, -0.2) is 0 Å². The molecule has 0 aromatic rings. The standard InChI is InChI=1S/C17H34N2/c1-5-9-18-16-7-6-15(13(2)3)11-17(16)19-10-8-14(4)12-19/h13-18H,5-12H2,1-4H3. The summed E-state index contributed by atoms with van der Waals surface area (Å²) in [4.78, 5) is 2.80. The molecule has 1 heterocycles. The molecule has 0 aromatic heterocycles. The van der Waals surface area contributed by atoms with Crippen LogP contribution in [-0.4, -0.2) is 36.6 Å². The average molecular weight is 266 g/mol. The molecule has 2 fully saturated rings. The van der Waals surface area contributed by atoms with Crippen LogP contribution in [0.5, 0.6) is 0 Å². The maximum atomic E-state index is 3.83. The molecule has 2 heteroatoms. The molecule has 19 heavy (non-hydrogen) atoms. The first-order chi connectivity index (χ1) is 9.11. The number of nitrogens with zero attached hydrogens (tertiary/aromatic N) is 1. The van der Waals surface area contributed by atoms with Gasteiger partial charge in [-0.2, -0.15) is 0 Å². The van der Waals surface area contributed by atoms with Gasteiger partial charge >= 0.3 is 0 Å². The lowest BCUT2D eigenvalue weighted by Crippen LogP contribution is -2.53. The van der Waals surface area contributed by atoms with Crippen LogP contribution in [0.15, 0.2) is 0 Å². The Bertz CT molecular complexity index is 264. The van der Waals surface area contributed by atoms with Crippen LogP contribution in [0.3, 0.4) is 0 Å². The maximum Gasteiger partial charge on any atom is 0.0252 e. The first-order valence-corrected chi connectivity index (χ1v) is 8.59. The van der Waals surface area contributed by atoms with Gasteiger partial charge in [0.25, 0.3) is 0 Å². The van der Waals surface area contributed by atoms with Gasteiger partial charge in [-0.15, -0.1) is 0 Å². The fraction of sp³-hybridized carbons (Fsp3) is 1.00. The quantitative estimate of drug-likeness (QED) is 0.819. The van der Waals surface area contributed by atoms with E-state index in [1.165, 1.54) is 51.7 Å². The molecule has 0 radical (unpaired) electrons. The van der Waals surface area contributed by atoms with E-state index in [9.17, 15) is 0 Å². The SMILES string of the molecule is CCCNC1CCC(C(C)C)CC1N1CCC(C)C1. The van der Waals surface area contributed by atoms with Crippen LogP contribution in [0, 0.1) is 17.8 Å². The third kappa shape index (κ3) is 3.95. The molecule has 1 saturated heterocycles. The van der Waals surface area contributed by atoms with Crippen molar-refractivity contribution in [3.63, 3.8) is 0 Å². The van der Waals surface area contributed by atoms with Gasteiger partial charge < -0.3 is 5.32 Å². The Labute approximate surface area is 120 Å². The molecule has 0 bridgehead atoms. The number of hydrogen-bond acceptors (Lipinski definition) is 2. The second-order valence-electron chi connectivity index (χ2n) is 7.33. The first-order valence-electron chi connectivity index (χ1n) is 8.59. The van der Waals surface area contributed by atoms with Gasteiger partial charge in [-0.3, -0.25) is 4.90 Å².